The molecule has 5 heteroatoms. The van der Waals surface area contributed by atoms with Crippen LogP contribution >= 0.6 is 0 Å². The Kier molecular flexibility index (Phi) is 4.19. The fourth-order valence-corrected chi connectivity index (χ4v) is 3.52. The quantitative estimate of drug-likeness (QED) is 0.765. The van der Waals surface area contributed by atoms with Crippen molar-refractivity contribution in [3.63, 3.8) is 0 Å². The monoisotopic (exact) mass is 345 g/mol. The second kappa shape index (κ2) is 6.66. The predicted octanol–water partition coefficient (Wildman–Crippen LogP) is 4.22. The Morgan fingerprint density at radius 1 is 1.31 bits per heavy atom. The van der Waals surface area contributed by atoms with Crippen molar-refractivity contribution in [2.45, 2.75) is 25.8 Å². The zero-order chi connectivity index (χ0) is 18.1. The van der Waals surface area contributed by atoms with Crippen LogP contribution in [0.4, 0.5) is 0 Å². The van der Waals surface area contributed by atoms with Gasteiger partial charge >= 0.3 is 0 Å². The molecule has 1 aliphatic carbocycles. The summed E-state index contributed by atoms with van der Waals surface area (Å²) < 4.78 is 11.0. The van der Waals surface area contributed by atoms with Crippen LogP contribution in [-0.4, -0.2) is 11.8 Å². The summed E-state index contributed by atoms with van der Waals surface area (Å²) in [7, 11) is 0. The zero-order valence-electron chi connectivity index (χ0n) is 14.5. The van der Waals surface area contributed by atoms with Crippen LogP contribution in [0.25, 0.3) is 22.6 Å². The van der Waals surface area contributed by atoms with E-state index in [2.05, 4.69) is 23.4 Å². The molecule has 1 aromatic heterocycles. The summed E-state index contributed by atoms with van der Waals surface area (Å²) in [6.45, 7) is 2.41. The van der Waals surface area contributed by atoms with Crippen molar-refractivity contribution in [3.8, 4) is 34.4 Å². The first-order valence-corrected chi connectivity index (χ1v) is 8.73. The Hall–Kier alpha value is -3.10. The van der Waals surface area contributed by atoms with Crippen molar-refractivity contribution in [1.82, 2.24) is 5.16 Å². The van der Waals surface area contributed by atoms with E-state index in [0.717, 1.165) is 29.7 Å². The van der Waals surface area contributed by atoms with Crippen LogP contribution in [0.3, 0.4) is 0 Å². The lowest BCUT2D eigenvalue weighted by Crippen LogP contribution is -2.04. The van der Waals surface area contributed by atoms with Crippen LogP contribution in [0.1, 0.15) is 36.1 Å². The van der Waals surface area contributed by atoms with Gasteiger partial charge in [-0.15, -0.1) is 0 Å². The van der Waals surface area contributed by atoms with Crippen molar-refractivity contribution in [3.05, 3.63) is 59.2 Å². The summed E-state index contributed by atoms with van der Waals surface area (Å²) in [5.41, 5.74) is 11.8. The molecule has 4 rings (SSSR count). The molecule has 0 amide bonds. The van der Waals surface area contributed by atoms with Crippen LogP contribution in [0.15, 0.2) is 47.0 Å². The van der Waals surface area contributed by atoms with Gasteiger partial charge in [-0.25, -0.2) is 0 Å². The maximum Gasteiger partial charge on any atom is 0.167 e. The maximum absolute atomic E-state index is 9.34. The molecule has 5 nitrogen and oxygen atoms in total. The number of aromatic nitrogens is 1. The first-order valence-electron chi connectivity index (χ1n) is 8.73. The average molecular weight is 345 g/mol. The number of nitriles is 1. The summed E-state index contributed by atoms with van der Waals surface area (Å²) >= 11 is 0. The fraction of sp³-hybridized carbons (Fsp3) is 0.238. The van der Waals surface area contributed by atoms with Crippen molar-refractivity contribution >= 4 is 0 Å². The van der Waals surface area contributed by atoms with Gasteiger partial charge in [0.2, 0.25) is 0 Å². The summed E-state index contributed by atoms with van der Waals surface area (Å²) in [6.07, 6.45) is 1.91. The van der Waals surface area contributed by atoms with E-state index in [1.165, 1.54) is 11.1 Å². The normalized spacial score (nSPS) is 15.5. The smallest absolute Gasteiger partial charge is 0.167 e. The molecule has 1 atom stereocenters. The van der Waals surface area contributed by atoms with Crippen LogP contribution in [0, 0.1) is 11.3 Å². The molecular weight excluding hydrogens is 326 g/mol. The zero-order valence-corrected chi connectivity index (χ0v) is 14.5. The van der Waals surface area contributed by atoms with Gasteiger partial charge in [-0.1, -0.05) is 23.4 Å². The third kappa shape index (κ3) is 2.75. The van der Waals surface area contributed by atoms with Gasteiger partial charge < -0.3 is 15.0 Å². The SMILES string of the molecule is CCOc1ccc(-c2cc(-c3cccc4c3CC[C@H]4N)no2)cc1C#N. The molecule has 1 heterocycles. The predicted molar refractivity (Wildman–Crippen MR) is 98.5 cm³/mol. The van der Waals surface area contributed by atoms with Gasteiger partial charge in [0.05, 0.1) is 12.2 Å². The second-order valence-electron chi connectivity index (χ2n) is 6.35. The number of ether oxygens (including phenoxy) is 1. The van der Waals surface area contributed by atoms with Crippen molar-refractivity contribution in [1.29, 1.82) is 5.26 Å². The molecule has 0 spiro atoms. The molecule has 0 bridgehead atoms. The number of nitrogens with zero attached hydrogens (tertiary/aromatic N) is 2. The van der Waals surface area contributed by atoms with E-state index in [-0.39, 0.29) is 6.04 Å². The summed E-state index contributed by atoms with van der Waals surface area (Å²) in [5, 5.41) is 13.6. The average Bonchev–Trinajstić information content (AvgIpc) is 3.30. The fourth-order valence-electron chi connectivity index (χ4n) is 3.52. The highest BCUT2D eigenvalue weighted by Gasteiger charge is 2.23. The Morgan fingerprint density at radius 3 is 3.00 bits per heavy atom. The highest BCUT2D eigenvalue weighted by atomic mass is 16.5. The van der Waals surface area contributed by atoms with Gasteiger partial charge in [-0.05, 0) is 49.1 Å². The minimum Gasteiger partial charge on any atom is -0.492 e. The summed E-state index contributed by atoms with van der Waals surface area (Å²) in [6, 6.07) is 15.8. The summed E-state index contributed by atoms with van der Waals surface area (Å²) in [4.78, 5) is 0. The number of fused-ring (bicyclic) bond motifs is 1. The van der Waals surface area contributed by atoms with E-state index in [1.54, 1.807) is 12.1 Å². The third-order valence-corrected chi connectivity index (χ3v) is 4.79. The molecular formula is C21H19N3O2. The van der Waals surface area contributed by atoms with E-state index in [4.69, 9.17) is 15.0 Å². The molecule has 2 N–H and O–H groups in total. The van der Waals surface area contributed by atoms with Crippen molar-refractivity contribution in [2.24, 2.45) is 5.73 Å². The minimum absolute atomic E-state index is 0.0978. The first kappa shape index (κ1) is 16.4. The number of benzene rings is 2. The lowest BCUT2D eigenvalue weighted by atomic mass is 9.99. The van der Waals surface area contributed by atoms with E-state index in [9.17, 15) is 5.26 Å². The first-order chi connectivity index (χ1) is 12.7. The number of hydrogen-bond acceptors (Lipinski definition) is 5. The molecule has 2 aromatic carbocycles. The molecule has 1 aliphatic rings. The lowest BCUT2D eigenvalue weighted by Gasteiger charge is -2.07. The van der Waals surface area contributed by atoms with Gasteiger partial charge in [0.25, 0.3) is 0 Å². The Bertz CT molecular complexity index is 1000. The summed E-state index contributed by atoms with van der Waals surface area (Å²) in [5.74, 6) is 1.20. The highest BCUT2D eigenvalue weighted by molar-refractivity contribution is 5.72. The Balaban J connectivity index is 1.71. The maximum atomic E-state index is 9.34. The Morgan fingerprint density at radius 2 is 2.19 bits per heavy atom. The van der Waals surface area contributed by atoms with E-state index in [0.29, 0.717) is 23.7 Å². The van der Waals surface area contributed by atoms with Gasteiger partial charge in [0.15, 0.2) is 5.76 Å². The van der Waals surface area contributed by atoms with Crippen molar-refractivity contribution in [2.75, 3.05) is 6.61 Å². The van der Waals surface area contributed by atoms with Gasteiger partial charge in [-0.2, -0.15) is 5.26 Å². The molecule has 0 saturated carbocycles. The third-order valence-electron chi connectivity index (χ3n) is 4.79. The van der Waals surface area contributed by atoms with Gasteiger partial charge in [-0.3, -0.25) is 0 Å². The van der Waals surface area contributed by atoms with Gasteiger partial charge in [0, 0.05) is 23.2 Å². The minimum atomic E-state index is 0.0978. The second-order valence-corrected chi connectivity index (χ2v) is 6.35. The molecule has 26 heavy (non-hydrogen) atoms. The molecule has 3 aromatic rings. The van der Waals surface area contributed by atoms with Gasteiger partial charge in [0.1, 0.15) is 17.5 Å². The molecule has 0 fully saturated rings. The molecule has 130 valence electrons. The van der Waals surface area contributed by atoms with E-state index in [1.807, 2.05) is 25.1 Å². The standard InChI is InChI=1S/C21H19N3O2/c1-2-25-20-9-6-13(10-14(20)12-22)21-11-19(24-26-21)17-5-3-4-16-15(17)7-8-18(16)23/h3-6,9-11,18H,2,7-8,23H2,1H3/t18-/m1/s1. The van der Waals surface area contributed by atoms with Crippen LogP contribution in [0.2, 0.25) is 0 Å². The Labute approximate surface area is 152 Å². The highest BCUT2D eigenvalue weighted by Crippen LogP contribution is 2.37. The van der Waals surface area contributed by atoms with E-state index < -0.39 is 0 Å². The topological polar surface area (TPSA) is 85.1 Å². The number of rotatable bonds is 4. The number of nitrogens with two attached hydrogens (primary N) is 1. The molecule has 0 unspecified atom stereocenters. The van der Waals surface area contributed by atoms with Crippen LogP contribution < -0.4 is 10.5 Å². The molecule has 0 aliphatic heterocycles. The number of hydrogen-bond donors (Lipinski definition) is 1. The lowest BCUT2D eigenvalue weighted by molar-refractivity contribution is 0.339. The molecule has 0 saturated heterocycles. The van der Waals surface area contributed by atoms with Crippen LogP contribution in [0.5, 0.6) is 5.75 Å². The van der Waals surface area contributed by atoms with E-state index >= 15 is 0 Å². The molecule has 0 radical (unpaired) electrons. The largest absolute Gasteiger partial charge is 0.492 e. The van der Waals surface area contributed by atoms with Crippen LogP contribution in [-0.2, 0) is 6.42 Å². The van der Waals surface area contributed by atoms with Crippen molar-refractivity contribution < 1.29 is 9.26 Å².